The first-order valence-electron chi connectivity index (χ1n) is 6.89. The van der Waals surface area contributed by atoms with Crippen LogP contribution in [0.15, 0.2) is 36.8 Å². The van der Waals surface area contributed by atoms with Crippen LogP contribution in [0.2, 0.25) is 0 Å². The zero-order valence-corrected chi connectivity index (χ0v) is 12.9. The molecule has 5 nitrogen and oxygen atoms in total. The molecular formula is C16H20FN3O2S. The van der Waals surface area contributed by atoms with Crippen molar-refractivity contribution in [3.8, 4) is 11.1 Å². The molecule has 3 rings (SSSR count). The Hall–Kier alpha value is -2.15. The number of hydrogen-bond donors (Lipinski definition) is 1. The van der Waals surface area contributed by atoms with Gasteiger partial charge in [0.25, 0.3) is 0 Å². The number of aromatic amines is 1. The number of nitrogens with one attached hydrogen (secondary N) is 1. The third-order valence-electron chi connectivity index (χ3n) is 3.49. The lowest BCUT2D eigenvalue weighted by molar-refractivity contribution is 0.576. The van der Waals surface area contributed by atoms with Gasteiger partial charge in [-0.3, -0.25) is 4.68 Å². The van der Waals surface area contributed by atoms with Gasteiger partial charge in [0.05, 0.1) is 11.9 Å². The molecule has 0 unspecified atom stereocenters. The molecule has 3 aromatic rings. The maximum absolute atomic E-state index is 13.2. The molecule has 1 N–H and O–H groups in total. The van der Waals surface area contributed by atoms with Crippen LogP contribution in [0.4, 0.5) is 4.39 Å². The van der Waals surface area contributed by atoms with Crippen molar-refractivity contribution in [2.24, 2.45) is 0 Å². The van der Waals surface area contributed by atoms with E-state index >= 15 is 0 Å². The van der Waals surface area contributed by atoms with Gasteiger partial charge in [-0.05, 0) is 24.6 Å². The molecule has 2 heterocycles. The average Bonchev–Trinajstić information content (AvgIpc) is 3.03. The van der Waals surface area contributed by atoms with E-state index in [1.165, 1.54) is 18.4 Å². The van der Waals surface area contributed by atoms with Gasteiger partial charge in [-0.2, -0.15) is 5.10 Å². The van der Waals surface area contributed by atoms with Gasteiger partial charge in [0.1, 0.15) is 15.7 Å². The van der Waals surface area contributed by atoms with Crippen LogP contribution < -0.4 is 0 Å². The number of hydrogen-bond acceptors (Lipinski definition) is 3. The summed E-state index contributed by atoms with van der Waals surface area (Å²) in [6, 6.07) is 4.61. The molecular weight excluding hydrogens is 317 g/mol. The van der Waals surface area contributed by atoms with E-state index < -0.39 is 9.84 Å². The molecule has 23 heavy (non-hydrogen) atoms. The first-order chi connectivity index (χ1) is 10.4. The zero-order chi connectivity index (χ0) is 15.7. The average molecular weight is 337 g/mol. The molecule has 124 valence electrons. The Morgan fingerprint density at radius 2 is 2.13 bits per heavy atom. The molecule has 0 amide bonds. The van der Waals surface area contributed by atoms with Crippen molar-refractivity contribution in [3.05, 3.63) is 42.6 Å². The molecule has 0 atom stereocenters. The summed E-state index contributed by atoms with van der Waals surface area (Å²) in [4.78, 5) is 3.04. The first kappa shape index (κ1) is 17.2. The Labute approximate surface area is 135 Å². The van der Waals surface area contributed by atoms with Gasteiger partial charge in [0, 0.05) is 47.2 Å². The van der Waals surface area contributed by atoms with E-state index in [2.05, 4.69) is 10.1 Å². The second kappa shape index (κ2) is 6.54. The summed E-state index contributed by atoms with van der Waals surface area (Å²) in [7, 11) is -2.95. The molecule has 7 heteroatoms. The Balaban J connectivity index is 0.00000192. The summed E-state index contributed by atoms with van der Waals surface area (Å²) < 4.78 is 37.2. The number of sulfone groups is 1. The second-order valence-corrected chi connectivity index (χ2v) is 7.63. The van der Waals surface area contributed by atoms with E-state index in [0.29, 0.717) is 13.0 Å². The van der Waals surface area contributed by atoms with Crippen LogP contribution in [0.1, 0.15) is 13.8 Å². The molecule has 0 radical (unpaired) electrons. The Morgan fingerprint density at radius 1 is 1.35 bits per heavy atom. The standard InChI is InChI=1S/C15H16FN3O2S.CH4/c1-22(20,21)6-2-5-19-10-11(8-18-19)14-9-17-15-7-12(16)3-4-13(14)15;/h3-4,7-10,17H,2,5-6H2,1H3;1H4. The molecule has 0 bridgehead atoms. The molecule has 0 aliphatic carbocycles. The SMILES string of the molecule is C.CS(=O)(=O)CCCn1cc(-c2c[nH]c3cc(F)ccc23)cn1. The van der Waals surface area contributed by atoms with Gasteiger partial charge in [-0.15, -0.1) is 0 Å². The third kappa shape index (κ3) is 3.98. The predicted molar refractivity (Wildman–Crippen MR) is 90.5 cm³/mol. The summed E-state index contributed by atoms with van der Waals surface area (Å²) in [6.07, 6.45) is 7.17. The topological polar surface area (TPSA) is 67.8 Å². The second-order valence-electron chi connectivity index (χ2n) is 5.37. The minimum Gasteiger partial charge on any atom is -0.360 e. The number of H-pyrrole nitrogens is 1. The number of benzene rings is 1. The van der Waals surface area contributed by atoms with Crippen LogP contribution in [0.25, 0.3) is 22.0 Å². The largest absolute Gasteiger partial charge is 0.360 e. The van der Waals surface area contributed by atoms with Gasteiger partial charge >= 0.3 is 0 Å². The van der Waals surface area contributed by atoms with Crippen molar-refractivity contribution >= 4 is 20.7 Å². The highest BCUT2D eigenvalue weighted by molar-refractivity contribution is 7.90. The summed E-state index contributed by atoms with van der Waals surface area (Å²) in [5.41, 5.74) is 2.60. The molecule has 2 aromatic heterocycles. The van der Waals surface area contributed by atoms with Crippen molar-refractivity contribution < 1.29 is 12.8 Å². The first-order valence-corrected chi connectivity index (χ1v) is 8.96. The number of aryl methyl sites for hydroxylation is 1. The lowest BCUT2D eigenvalue weighted by Gasteiger charge is -2.00. The zero-order valence-electron chi connectivity index (χ0n) is 12.1. The van der Waals surface area contributed by atoms with Gasteiger partial charge in [-0.25, -0.2) is 12.8 Å². The van der Waals surface area contributed by atoms with Crippen molar-refractivity contribution in [1.82, 2.24) is 14.8 Å². The fourth-order valence-corrected chi connectivity index (χ4v) is 3.10. The fraction of sp³-hybridized carbons (Fsp3) is 0.312. The van der Waals surface area contributed by atoms with Crippen molar-refractivity contribution in [2.45, 2.75) is 20.4 Å². The Kier molecular flexibility index (Phi) is 4.89. The van der Waals surface area contributed by atoms with Crippen molar-refractivity contribution in [3.63, 3.8) is 0 Å². The minimum absolute atomic E-state index is 0. The number of nitrogens with zero attached hydrogens (tertiary/aromatic N) is 2. The third-order valence-corrected chi connectivity index (χ3v) is 4.52. The van der Waals surface area contributed by atoms with Crippen LogP contribution >= 0.6 is 0 Å². The quantitative estimate of drug-likeness (QED) is 0.777. The highest BCUT2D eigenvalue weighted by atomic mass is 32.2. The molecule has 0 saturated heterocycles. The number of fused-ring (bicyclic) bond motifs is 1. The summed E-state index contributed by atoms with van der Waals surface area (Å²) in [5.74, 6) is -0.133. The maximum Gasteiger partial charge on any atom is 0.147 e. The van der Waals surface area contributed by atoms with E-state index in [0.717, 1.165) is 22.0 Å². The Bertz CT molecular complexity index is 912. The molecule has 0 aliphatic rings. The maximum atomic E-state index is 13.2. The monoisotopic (exact) mass is 337 g/mol. The van der Waals surface area contributed by atoms with Crippen LogP contribution in [0.3, 0.4) is 0 Å². The van der Waals surface area contributed by atoms with Crippen LogP contribution in [-0.2, 0) is 16.4 Å². The van der Waals surface area contributed by atoms with E-state index in [1.807, 2.05) is 12.4 Å². The highest BCUT2D eigenvalue weighted by Gasteiger charge is 2.09. The number of rotatable bonds is 5. The van der Waals surface area contributed by atoms with E-state index in [-0.39, 0.29) is 19.0 Å². The number of aromatic nitrogens is 3. The van der Waals surface area contributed by atoms with Crippen molar-refractivity contribution in [2.75, 3.05) is 12.0 Å². The van der Waals surface area contributed by atoms with Crippen molar-refractivity contribution in [1.29, 1.82) is 0 Å². The van der Waals surface area contributed by atoms with Gasteiger partial charge in [0.2, 0.25) is 0 Å². The lowest BCUT2D eigenvalue weighted by Crippen LogP contribution is -2.07. The fourth-order valence-electron chi connectivity index (χ4n) is 2.45. The summed E-state index contributed by atoms with van der Waals surface area (Å²) in [5, 5.41) is 5.18. The van der Waals surface area contributed by atoms with E-state index in [1.54, 1.807) is 16.9 Å². The van der Waals surface area contributed by atoms with Gasteiger partial charge in [-0.1, -0.05) is 7.43 Å². The lowest BCUT2D eigenvalue weighted by atomic mass is 10.1. The molecule has 0 spiro atoms. The molecule has 0 fully saturated rings. The smallest absolute Gasteiger partial charge is 0.147 e. The molecule has 0 aliphatic heterocycles. The minimum atomic E-state index is -2.95. The van der Waals surface area contributed by atoms with Crippen LogP contribution in [0, 0.1) is 5.82 Å². The molecule has 1 aromatic carbocycles. The summed E-state index contributed by atoms with van der Waals surface area (Å²) >= 11 is 0. The van der Waals surface area contributed by atoms with E-state index in [4.69, 9.17) is 0 Å². The van der Waals surface area contributed by atoms with Gasteiger partial charge in [0.15, 0.2) is 0 Å². The normalized spacial score (nSPS) is 11.6. The van der Waals surface area contributed by atoms with Crippen LogP contribution in [0.5, 0.6) is 0 Å². The van der Waals surface area contributed by atoms with E-state index in [9.17, 15) is 12.8 Å². The Morgan fingerprint density at radius 3 is 2.87 bits per heavy atom. The molecule has 0 saturated carbocycles. The van der Waals surface area contributed by atoms with Crippen LogP contribution in [-0.4, -0.2) is 35.2 Å². The summed E-state index contributed by atoms with van der Waals surface area (Å²) in [6.45, 7) is 0.546. The predicted octanol–water partition coefficient (Wildman–Crippen LogP) is 3.24. The highest BCUT2D eigenvalue weighted by Crippen LogP contribution is 2.28. The van der Waals surface area contributed by atoms with Gasteiger partial charge < -0.3 is 4.98 Å². The number of halogens is 1.